The Hall–Kier alpha value is -2.38. The summed E-state index contributed by atoms with van der Waals surface area (Å²) in [7, 11) is -3.60. The van der Waals surface area contributed by atoms with E-state index in [1.807, 2.05) is 24.3 Å². The van der Waals surface area contributed by atoms with E-state index in [-0.39, 0.29) is 21.4 Å². The summed E-state index contributed by atoms with van der Waals surface area (Å²) < 4.78 is 28.9. The maximum absolute atomic E-state index is 12.8. The van der Waals surface area contributed by atoms with Crippen molar-refractivity contribution in [3.8, 4) is 0 Å². The van der Waals surface area contributed by atoms with Gasteiger partial charge in [0.15, 0.2) is 15.9 Å². The second-order valence-electron chi connectivity index (χ2n) is 6.69. The normalized spacial score (nSPS) is 14.9. The van der Waals surface area contributed by atoms with Crippen molar-refractivity contribution in [1.82, 2.24) is 0 Å². The molecule has 0 fully saturated rings. The van der Waals surface area contributed by atoms with Gasteiger partial charge < -0.3 is 9.64 Å². The van der Waals surface area contributed by atoms with Crippen molar-refractivity contribution >= 4 is 39.0 Å². The third-order valence-corrected chi connectivity index (χ3v) is 6.15. The topological polar surface area (TPSA) is 80.8 Å². The average Bonchev–Trinajstić information content (AvgIpc) is 2.66. The predicted molar refractivity (Wildman–Crippen MR) is 107 cm³/mol. The molecule has 0 N–H and O–H groups in total. The molecule has 2 aromatic rings. The lowest BCUT2D eigenvalue weighted by Gasteiger charge is -2.31. The van der Waals surface area contributed by atoms with Gasteiger partial charge in [-0.2, -0.15) is 0 Å². The third kappa shape index (κ3) is 4.20. The summed E-state index contributed by atoms with van der Waals surface area (Å²) in [6.07, 6.45) is 1.71. The molecule has 28 heavy (non-hydrogen) atoms. The van der Waals surface area contributed by atoms with Crippen molar-refractivity contribution in [2.24, 2.45) is 0 Å². The number of nitrogens with zero attached hydrogens (tertiary/aromatic N) is 1. The lowest BCUT2D eigenvalue weighted by Crippen LogP contribution is -2.42. The first-order valence-electron chi connectivity index (χ1n) is 8.78. The second kappa shape index (κ2) is 7.93. The molecular formula is C20H20ClNO5S. The van der Waals surface area contributed by atoms with Crippen LogP contribution in [0.4, 0.5) is 5.69 Å². The van der Waals surface area contributed by atoms with Gasteiger partial charge in [0, 0.05) is 18.5 Å². The van der Waals surface area contributed by atoms with E-state index in [2.05, 4.69) is 0 Å². The Balaban J connectivity index is 1.78. The summed E-state index contributed by atoms with van der Waals surface area (Å²) >= 11 is 5.90. The Bertz CT molecular complexity index is 1030. The number of rotatable bonds is 4. The van der Waals surface area contributed by atoms with Crippen LogP contribution in [0.2, 0.25) is 5.02 Å². The Labute approximate surface area is 169 Å². The lowest BCUT2D eigenvalue weighted by atomic mass is 10.0. The van der Waals surface area contributed by atoms with Gasteiger partial charge in [-0.15, -0.1) is 0 Å². The van der Waals surface area contributed by atoms with Crippen molar-refractivity contribution in [1.29, 1.82) is 0 Å². The number of ether oxygens (including phenoxy) is 1. The zero-order valence-electron chi connectivity index (χ0n) is 15.5. The van der Waals surface area contributed by atoms with Gasteiger partial charge in [-0.05, 0) is 49.6 Å². The van der Waals surface area contributed by atoms with Crippen LogP contribution in [-0.4, -0.2) is 39.2 Å². The van der Waals surface area contributed by atoms with Crippen LogP contribution in [0.3, 0.4) is 0 Å². The minimum absolute atomic E-state index is 0.0171. The van der Waals surface area contributed by atoms with Gasteiger partial charge in [0.2, 0.25) is 0 Å². The second-order valence-corrected chi connectivity index (χ2v) is 9.08. The average molecular weight is 422 g/mol. The Morgan fingerprint density at radius 3 is 2.61 bits per heavy atom. The molecule has 1 atom stereocenters. The summed E-state index contributed by atoms with van der Waals surface area (Å²) in [6, 6.07) is 11.5. The molecule has 0 radical (unpaired) electrons. The lowest BCUT2D eigenvalue weighted by molar-refractivity contribution is -0.126. The smallest absolute Gasteiger partial charge is 0.338 e. The van der Waals surface area contributed by atoms with Crippen LogP contribution < -0.4 is 4.90 Å². The van der Waals surface area contributed by atoms with E-state index in [0.717, 1.165) is 36.4 Å². The number of carbonyl (C=O) groups is 2. The van der Waals surface area contributed by atoms with Gasteiger partial charge in [-0.1, -0.05) is 29.8 Å². The number of fused-ring (bicyclic) bond motifs is 1. The molecule has 0 aromatic heterocycles. The number of amides is 1. The van der Waals surface area contributed by atoms with E-state index < -0.39 is 21.9 Å². The molecule has 1 amide bonds. The first kappa shape index (κ1) is 20.4. The number of benzene rings is 2. The fourth-order valence-corrected chi connectivity index (χ4v) is 4.48. The Morgan fingerprint density at radius 1 is 1.18 bits per heavy atom. The Morgan fingerprint density at radius 2 is 1.89 bits per heavy atom. The van der Waals surface area contributed by atoms with Gasteiger partial charge in [0.25, 0.3) is 5.91 Å². The van der Waals surface area contributed by atoms with Gasteiger partial charge in [0.05, 0.1) is 15.5 Å². The third-order valence-electron chi connectivity index (χ3n) is 4.57. The molecule has 148 valence electrons. The molecule has 1 heterocycles. The fraction of sp³-hybridized carbons (Fsp3) is 0.300. The van der Waals surface area contributed by atoms with Gasteiger partial charge in [-0.25, -0.2) is 13.2 Å². The Kier molecular flexibility index (Phi) is 5.76. The number of sulfone groups is 1. The molecular weight excluding hydrogens is 402 g/mol. The van der Waals surface area contributed by atoms with Gasteiger partial charge in [0.1, 0.15) is 0 Å². The number of aryl methyl sites for hydroxylation is 1. The van der Waals surface area contributed by atoms with Crippen LogP contribution >= 0.6 is 11.6 Å². The zero-order chi connectivity index (χ0) is 20.5. The highest BCUT2D eigenvalue weighted by Gasteiger charge is 2.29. The van der Waals surface area contributed by atoms with Crippen LogP contribution in [-0.2, 0) is 25.8 Å². The molecule has 0 unspecified atom stereocenters. The van der Waals surface area contributed by atoms with E-state index in [1.54, 1.807) is 4.90 Å². The van der Waals surface area contributed by atoms with Crippen molar-refractivity contribution < 1.29 is 22.7 Å². The summed E-state index contributed by atoms with van der Waals surface area (Å²) in [5.41, 5.74) is 1.92. The number of carbonyl (C=O) groups excluding carboxylic acids is 2. The molecule has 6 nitrogen and oxygen atoms in total. The molecule has 0 saturated heterocycles. The van der Waals surface area contributed by atoms with Crippen molar-refractivity contribution in [3.63, 3.8) is 0 Å². The monoisotopic (exact) mass is 421 g/mol. The molecule has 0 saturated carbocycles. The molecule has 0 bridgehead atoms. The molecule has 0 spiro atoms. The number of anilines is 1. The summed E-state index contributed by atoms with van der Waals surface area (Å²) in [5, 5.41) is 0.0214. The molecule has 8 heteroatoms. The molecule has 0 aliphatic carbocycles. The van der Waals surface area contributed by atoms with Crippen molar-refractivity contribution in [2.45, 2.75) is 30.8 Å². The number of para-hydroxylation sites is 1. The fourth-order valence-electron chi connectivity index (χ4n) is 3.18. The summed E-state index contributed by atoms with van der Waals surface area (Å²) in [4.78, 5) is 26.8. The number of hydrogen-bond donors (Lipinski definition) is 0. The number of halogens is 1. The SMILES string of the molecule is C[C@H](OC(=O)c1ccc(Cl)c(S(C)(=O)=O)c1)C(=O)N1CCCc2ccccc21. The standard InChI is InChI=1S/C20H20ClNO5S/c1-13(19(23)22-11-5-7-14-6-3-4-8-17(14)22)27-20(24)15-9-10-16(21)18(12-15)28(2,25)26/h3-4,6,8-10,12-13H,5,7,11H2,1-2H3/t13-/m0/s1. The maximum atomic E-state index is 12.8. The quantitative estimate of drug-likeness (QED) is 0.708. The minimum Gasteiger partial charge on any atom is -0.449 e. The van der Waals surface area contributed by atoms with E-state index in [9.17, 15) is 18.0 Å². The highest BCUT2D eigenvalue weighted by Crippen LogP contribution is 2.28. The molecule has 1 aliphatic heterocycles. The van der Waals surface area contributed by atoms with Gasteiger partial charge in [-0.3, -0.25) is 4.79 Å². The van der Waals surface area contributed by atoms with Crippen LogP contribution in [0.25, 0.3) is 0 Å². The summed E-state index contributed by atoms with van der Waals surface area (Å²) in [6.45, 7) is 2.06. The van der Waals surface area contributed by atoms with Gasteiger partial charge >= 0.3 is 5.97 Å². The van der Waals surface area contributed by atoms with E-state index in [4.69, 9.17) is 16.3 Å². The van der Waals surface area contributed by atoms with Crippen LogP contribution in [0.5, 0.6) is 0 Å². The highest BCUT2D eigenvalue weighted by molar-refractivity contribution is 7.90. The van der Waals surface area contributed by atoms with E-state index >= 15 is 0 Å². The highest BCUT2D eigenvalue weighted by atomic mass is 35.5. The van der Waals surface area contributed by atoms with Crippen molar-refractivity contribution in [3.05, 3.63) is 58.6 Å². The van der Waals surface area contributed by atoms with Crippen LogP contribution in [0, 0.1) is 0 Å². The largest absolute Gasteiger partial charge is 0.449 e. The van der Waals surface area contributed by atoms with Crippen molar-refractivity contribution in [2.75, 3.05) is 17.7 Å². The number of esters is 1. The summed E-state index contributed by atoms with van der Waals surface area (Å²) in [5.74, 6) is -1.11. The maximum Gasteiger partial charge on any atom is 0.338 e. The number of hydrogen-bond acceptors (Lipinski definition) is 5. The van der Waals surface area contributed by atoms with E-state index in [1.165, 1.54) is 19.1 Å². The molecule has 1 aliphatic rings. The van der Waals surface area contributed by atoms with Crippen LogP contribution in [0.1, 0.15) is 29.3 Å². The minimum atomic E-state index is -3.60. The first-order valence-corrected chi connectivity index (χ1v) is 11.1. The molecule has 3 rings (SSSR count). The van der Waals surface area contributed by atoms with E-state index in [0.29, 0.717) is 6.54 Å². The van der Waals surface area contributed by atoms with Crippen LogP contribution in [0.15, 0.2) is 47.4 Å². The molecule has 2 aromatic carbocycles. The predicted octanol–water partition coefficient (Wildman–Crippen LogP) is 3.27. The zero-order valence-corrected chi connectivity index (χ0v) is 17.1. The first-order chi connectivity index (χ1) is 13.2.